The summed E-state index contributed by atoms with van der Waals surface area (Å²) in [5, 5.41) is 0. The van der Waals surface area contributed by atoms with Crippen molar-refractivity contribution in [3.8, 4) is 5.75 Å². The standard InChI is InChI=1S/C19H23N3O3.C2H6/c1-13(2)21-8-9-22-15(11-20)10-16(23)18(17(22)19(21)24)25-12-14-6-4-3-5-7-14;1-2/h3-7,10,13H,8-9,11-12,20H2,1-2H3;1-2H3. The van der Waals surface area contributed by atoms with Crippen LogP contribution >= 0.6 is 0 Å². The highest BCUT2D eigenvalue weighted by atomic mass is 16.5. The maximum atomic E-state index is 13.0. The third kappa shape index (κ3) is 4.39. The SMILES string of the molecule is CC.CC(C)N1CCn2c(CN)cc(=O)c(OCc3ccccc3)c2C1=O. The molecule has 0 spiro atoms. The maximum absolute atomic E-state index is 13.0. The molecular weight excluding hydrogens is 342 g/mol. The smallest absolute Gasteiger partial charge is 0.274 e. The zero-order valence-corrected chi connectivity index (χ0v) is 16.6. The van der Waals surface area contributed by atoms with E-state index in [9.17, 15) is 9.59 Å². The molecule has 0 radical (unpaired) electrons. The zero-order chi connectivity index (χ0) is 20.0. The van der Waals surface area contributed by atoms with Gasteiger partial charge in [0.1, 0.15) is 6.61 Å². The Morgan fingerprint density at radius 1 is 1.11 bits per heavy atom. The quantitative estimate of drug-likeness (QED) is 0.877. The number of carbonyl (C=O) groups is 1. The van der Waals surface area contributed by atoms with Crippen molar-refractivity contribution >= 4 is 5.91 Å². The van der Waals surface area contributed by atoms with E-state index in [1.807, 2.05) is 62.6 Å². The molecule has 2 heterocycles. The van der Waals surface area contributed by atoms with Crippen molar-refractivity contribution in [2.24, 2.45) is 5.73 Å². The Kier molecular flexibility index (Phi) is 7.19. The molecule has 0 saturated heterocycles. The molecule has 6 nitrogen and oxygen atoms in total. The molecule has 1 aliphatic rings. The first-order valence-electron chi connectivity index (χ1n) is 9.47. The average Bonchev–Trinajstić information content (AvgIpc) is 2.69. The summed E-state index contributed by atoms with van der Waals surface area (Å²) in [5.41, 5.74) is 7.37. The second-order valence-corrected chi connectivity index (χ2v) is 6.40. The lowest BCUT2D eigenvalue weighted by Crippen LogP contribution is -2.46. The first kappa shape index (κ1) is 20.7. The van der Waals surface area contributed by atoms with Crippen LogP contribution in [0.15, 0.2) is 41.2 Å². The summed E-state index contributed by atoms with van der Waals surface area (Å²) >= 11 is 0. The van der Waals surface area contributed by atoms with Gasteiger partial charge in [-0.25, -0.2) is 0 Å². The van der Waals surface area contributed by atoms with Crippen LogP contribution < -0.4 is 15.9 Å². The van der Waals surface area contributed by atoms with Gasteiger partial charge < -0.3 is 19.9 Å². The Hall–Kier alpha value is -2.60. The van der Waals surface area contributed by atoms with Gasteiger partial charge in [-0.2, -0.15) is 0 Å². The molecule has 1 amide bonds. The van der Waals surface area contributed by atoms with E-state index in [1.165, 1.54) is 6.07 Å². The second kappa shape index (κ2) is 9.37. The molecule has 0 unspecified atom stereocenters. The van der Waals surface area contributed by atoms with E-state index in [4.69, 9.17) is 10.5 Å². The molecule has 2 N–H and O–H groups in total. The third-order valence-corrected chi connectivity index (χ3v) is 4.44. The molecule has 6 heteroatoms. The van der Waals surface area contributed by atoms with Crippen molar-refractivity contribution in [2.75, 3.05) is 6.54 Å². The van der Waals surface area contributed by atoms with Gasteiger partial charge in [-0.1, -0.05) is 44.2 Å². The minimum absolute atomic E-state index is 0.0554. The van der Waals surface area contributed by atoms with Crippen molar-refractivity contribution in [1.82, 2.24) is 9.47 Å². The summed E-state index contributed by atoms with van der Waals surface area (Å²) in [5.74, 6) is -0.0758. The van der Waals surface area contributed by atoms with Gasteiger partial charge >= 0.3 is 0 Å². The van der Waals surface area contributed by atoms with E-state index in [2.05, 4.69) is 0 Å². The van der Waals surface area contributed by atoms with Crippen molar-refractivity contribution in [3.05, 3.63) is 63.6 Å². The number of fused-ring (bicyclic) bond motifs is 1. The third-order valence-electron chi connectivity index (χ3n) is 4.44. The molecule has 27 heavy (non-hydrogen) atoms. The molecule has 0 fully saturated rings. The normalized spacial score (nSPS) is 13.1. The Morgan fingerprint density at radius 2 is 1.78 bits per heavy atom. The van der Waals surface area contributed by atoms with Gasteiger partial charge in [0.2, 0.25) is 5.43 Å². The van der Waals surface area contributed by atoms with Crippen LogP contribution in [0.25, 0.3) is 0 Å². The first-order valence-corrected chi connectivity index (χ1v) is 9.47. The second-order valence-electron chi connectivity index (χ2n) is 6.40. The predicted octanol–water partition coefficient (Wildman–Crippen LogP) is 2.78. The van der Waals surface area contributed by atoms with Crippen LogP contribution in [0.1, 0.15) is 49.4 Å². The Morgan fingerprint density at radius 3 is 2.37 bits per heavy atom. The van der Waals surface area contributed by atoms with Gasteiger partial charge in [0, 0.05) is 37.4 Å². The lowest BCUT2D eigenvalue weighted by Gasteiger charge is -2.34. The van der Waals surface area contributed by atoms with Gasteiger partial charge in [-0.05, 0) is 19.4 Å². The van der Waals surface area contributed by atoms with E-state index < -0.39 is 0 Å². The molecule has 1 aromatic heterocycles. The van der Waals surface area contributed by atoms with Crippen molar-refractivity contribution in [1.29, 1.82) is 0 Å². The first-order chi connectivity index (χ1) is 13.0. The fourth-order valence-corrected chi connectivity index (χ4v) is 3.12. The highest BCUT2D eigenvalue weighted by Crippen LogP contribution is 2.24. The van der Waals surface area contributed by atoms with Crippen LogP contribution in [0, 0.1) is 0 Å². The molecule has 0 atom stereocenters. The van der Waals surface area contributed by atoms with Gasteiger partial charge in [0.05, 0.1) is 0 Å². The summed E-state index contributed by atoms with van der Waals surface area (Å²) in [6.45, 7) is 9.56. The molecule has 3 rings (SSSR count). The van der Waals surface area contributed by atoms with Crippen molar-refractivity contribution < 1.29 is 9.53 Å². The van der Waals surface area contributed by atoms with E-state index in [0.717, 1.165) is 5.56 Å². The summed E-state index contributed by atoms with van der Waals surface area (Å²) < 4.78 is 7.62. The van der Waals surface area contributed by atoms with Gasteiger partial charge in [0.25, 0.3) is 5.91 Å². The number of amides is 1. The summed E-state index contributed by atoms with van der Waals surface area (Å²) in [7, 11) is 0. The minimum atomic E-state index is -0.304. The number of nitrogens with zero attached hydrogens (tertiary/aromatic N) is 2. The number of carbonyl (C=O) groups excluding carboxylic acids is 1. The maximum Gasteiger partial charge on any atom is 0.274 e. The highest BCUT2D eigenvalue weighted by Gasteiger charge is 2.31. The zero-order valence-electron chi connectivity index (χ0n) is 16.6. The van der Waals surface area contributed by atoms with Crippen LogP contribution in [0.5, 0.6) is 5.75 Å². The van der Waals surface area contributed by atoms with Crippen molar-refractivity contribution in [3.63, 3.8) is 0 Å². The molecule has 0 aliphatic carbocycles. The Balaban J connectivity index is 0.00000126. The Bertz CT molecular complexity index is 829. The number of pyridine rings is 1. The topological polar surface area (TPSA) is 77.6 Å². The highest BCUT2D eigenvalue weighted by molar-refractivity contribution is 5.96. The molecule has 1 aromatic carbocycles. The molecule has 2 aromatic rings. The number of hydrogen-bond acceptors (Lipinski definition) is 4. The van der Waals surface area contributed by atoms with Crippen LogP contribution in [0.2, 0.25) is 0 Å². The number of nitrogens with two attached hydrogens (primary N) is 1. The van der Waals surface area contributed by atoms with Crippen LogP contribution in [-0.4, -0.2) is 28.0 Å². The van der Waals surface area contributed by atoms with E-state index in [1.54, 1.807) is 4.90 Å². The van der Waals surface area contributed by atoms with Crippen LogP contribution in [0.3, 0.4) is 0 Å². The minimum Gasteiger partial charge on any atom is -0.483 e. The van der Waals surface area contributed by atoms with Gasteiger partial charge in [0.15, 0.2) is 11.4 Å². The fourth-order valence-electron chi connectivity index (χ4n) is 3.12. The number of rotatable bonds is 5. The van der Waals surface area contributed by atoms with Gasteiger partial charge in [-0.3, -0.25) is 9.59 Å². The fraction of sp³-hybridized carbons (Fsp3) is 0.429. The lowest BCUT2D eigenvalue weighted by atomic mass is 10.1. The van der Waals surface area contributed by atoms with E-state index in [0.29, 0.717) is 24.5 Å². The predicted molar refractivity (Wildman–Crippen MR) is 107 cm³/mol. The molecule has 146 valence electrons. The summed E-state index contributed by atoms with van der Waals surface area (Å²) in [6, 6.07) is 11.1. The molecule has 0 bridgehead atoms. The van der Waals surface area contributed by atoms with E-state index >= 15 is 0 Å². The monoisotopic (exact) mass is 371 g/mol. The number of hydrogen-bond donors (Lipinski definition) is 1. The average molecular weight is 371 g/mol. The summed E-state index contributed by atoms with van der Waals surface area (Å²) in [4.78, 5) is 27.3. The molecular formula is C21H29N3O3. The molecule has 0 saturated carbocycles. The van der Waals surface area contributed by atoms with Crippen LogP contribution in [0.4, 0.5) is 0 Å². The van der Waals surface area contributed by atoms with Crippen molar-refractivity contribution in [2.45, 2.75) is 53.4 Å². The Labute approximate surface area is 160 Å². The number of benzene rings is 1. The van der Waals surface area contributed by atoms with E-state index in [-0.39, 0.29) is 36.3 Å². The molecule has 1 aliphatic heterocycles. The largest absolute Gasteiger partial charge is 0.483 e. The lowest BCUT2D eigenvalue weighted by molar-refractivity contribution is 0.0636. The number of aromatic nitrogens is 1. The van der Waals surface area contributed by atoms with Gasteiger partial charge in [-0.15, -0.1) is 0 Å². The number of ether oxygens (including phenoxy) is 1. The summed E-state index contributed by atoms with van der Waals surface area (Å²) in [6.07, 6.45) is 0. The van der Waals surface area contributed by atoms with Crippen LogP contribution in [-0.2, 0) is 19.7 Å².